The summed E-state index contributed by atoms with van der Waals surface area (Å²) < 4.78 is 28.8. The minimum atomic E-state index is -3.76. The highest BCUT2D eigenvalue weighted by Crippen LogP contribution is 2.31. The molecule has 0 saturated carbocycles. The summed E-state index contributed by atoms with van der Waals surface area (Å²) in [7, 11) is -3.76. The number of nitrogens with one attached hydrogen (secondary N) is 2. The molecule has 0 fully saturated rings. The topological polar surface area (TPSA) is 117 Å². The summed E-state index contributed by atoms with van der Waals surface area (Å²) in [5, 5.41) is 17.3. The molecule has 0 aliphatic carbocycles. The zero-order valence-corrected chi connectivity index (χ0v) is 24.7. The fraction of sp³-hybridized carbons (Fsp3) is 0.121. The van der Waals surface area contributed by atoms with E-state index in [4.69, 9.17) is 4.98 Å². The van der Waals surface area contributed by atoms with Gasteiger partial charge < -0.3 is 10.4 Å². The number of aromatic nitrogens is 3. The Labute approximate surface area is 254 Å². The standard InChI is InChI=1S/C33H29N5O3S2/c39-32(27-4-1-16-34-20-27)21-35-18-15-23-5-10-28(11-6-23)38-43(40,41)29-12-7-24(8-13-29)33-37-31(22-42-33)26-9-14-30-25(19-26)3-2-17-36-30/h1-14,16-17,19-20,22,32,35,38-39H,15,18,21H2/t32-/m0/s1. The van der Waals surface area contributed by atoms with Crippen LogP contribution < -0.4 is 10.0 Å². The normalized spacial score (nSPS) is 12.3. The number of aliphatic hydroxyl groups is 1. The third kappa shape index (κ3) is 6.95. The first kappa shape index (κ1) is 28.6. The molecule has 0 spiro atoms. The van der Waals surface area contributed by atoms with Crippen molar-refractivity contribution < 1.29 is 13.5 Å². The molecule has 0 unspecified atom stereocenters. The molecular formula is C33H29N5O3S2. The Kier molecular flexibility index (Phi) is 8.52. The van der Waals surface area contributed by atoms with Crippen LogP contribution in [0.2, 0.25) is 0 Å². The van der Waals surface area contributed by atoms with Crippen molar-refractivity contribution in [3.63, 3.8) is 0 Å². The van der Waals surface area contributed by atoms with Gasteiger partial charge in [-0.25, -0.2) is 13.4 Å². The van der Waals surface area contributed by atoms with Crippen LogP contribution in [0.1, 0.15) is 17.2 Å². The molecule has 0 aliphatic heterocycles. The van der Waals surface area contributed by atoms with Gasteiger partial charge in [-0.3, -0.25) is 14.7 Å². The third-order valence-corrected chi connectivity index (χ3v) is 9.31. The number of rotatable bonds is 11. The molecule has 0 amide bonds. The number of sulfonamides is 1. The van der Waals surface area contributed by atoms with E-state index in [1.54, 1.807) is 61.1 Å². The van der Waals surface area contributed by atoms with Crippen molar-refractivity contribution in [1.82, 2.24) is 20.3 Å². The second-order valence-electron chi connectivity index (χ2n) is 10.0. The number of fused-ring (bicyclic) bond motifs is 1. The van der Waals surface area contributed by atoms with E-state index in [1.807, 2.05) is 47.8 Å². The first-order valence-corrected chi connectivity index (χ1v) is 16.1. The molecule has 1 atom stereocenters. The molecule has 0 bridgehead atoms. The highest BCUT2D eigenvalue weighted by atomic mass is 32.2. The van der Waals surface area contributed by atoms with Crippen LogP contribution in [0.25, 0.3) is 32.7 Å². The fourth-order valence-electron chi connectivity index (χ4n) is 4.67. The number of pyridine rings is 2. The van der Waals surface area contributed by atoms with E-state index in [1.165, 1.54) is 11.3 Å². The van der Waals surface area contributed by atoms with Crippen molar-refractivity contribution >= 4 is 38.0 Å². The van der Waals surface area contributed by atoms with Gasteiger partial charge in [0.15, 0.2) is 0 Å². The van der Waals surface area contributed by atoms with Crippen LogP contribution in [-0.2, 0) is 16.4 Å². The fourth-order valence-corrected chi connectivity index (χ4v) is 6.56. The smallest absolute Gasteiger partial charge is 0.261 e. The van der Waals surface area contributed by atoms with Gasteiger partial charge in [0.05, 0.1) is 22.2 Å². The minimum absolute atomic E-state index is 0.176. The molecule has 3 aromatic carbocycles. The van der Waals surface area contributed by atoms with Crippen molar-refractivity contribution in [3.8, 4) is 21.8 Å². The van der Waals surface area contributed by atoms with Crippen molar-refractivity contribution in [2.24, 2.45) is 0 Å². The Morgan fingerprint density at radius 3 is 2.47 bits per heavy atom. The molecule has 0 aliphatic rings. The lowest BCUT2D eigenvalue weighted by Gasteiger charge is -2.12. The Morgan fingerprint density at radius 1 is 0.884 bits per heavy atom. The maximum atomic E-state index is 13.1. The summed E-state index contributed by atoms with van der Waals surface area (Å²) in [5.74, 6) is 0. The zero-order valence-electron chi connectivity index (χ0n) is 23.1. The van der Waals surface area contributed by atoms with Gasteiger partial charge in [0, 0.05) is 58.3 Å². The van der Waals surface area contributed by atoms with Crippen LogP contribution in [0.15, 0.2) is 120 Å². The molecular weight excluding hydrogens is 579 g/mol. The minimum Gasteiger partial charge on any atom is -0.387 e. The lowest BCUT2D eigenvalue weighted by molar-refractivity contribution is 0.174. The van der Waals surface area contributed by atoms with E-state index in [-0.39, 0.29) is 4.90 Å². The average Bonchev–Trinajstić information content (AvgIpc) is 3.54. The Morgan fingerprint density at radius 2 is 1.67 bits per heavy atom. The van der Waals surface area contributed by atoms with Gasteiger partial charge in [-0.1, -0.05) is 42.5 Å². The van der Waals surface area contributed by atoms with Crippen molar-refractivity contribution in [1.29, 1.82) is 0 Å². The predicted octanol–water partition coefficient (Wildman–Crippen LogP) is 6.09. The number of hydrogen-bond acceptors (Lipinski definition) is 8. The maximum Gasteiger partial charge on any atom is 0.261 e. The lowest BCUT2D eigenvalue weighted by atomic mass is 10.1. The number of aliphatic hydroxyl groups excluding tert-OH is 1. The zero-order chi connectivity index (χ0) is 29.6. The Hall–Kier alpha value is -4.48. The highest BCUT2D eigenvalue weighted by Gasteiger charge is 2.15. The predicted molar refractivity (Wildman–Crippen MR) is 171 cm³/mol. The quantitative estimate of drug-likeness (QED) is 0.153. The van der Waals surface area contributed by atoms with Crippen molar-refractivity contribution in [2.45, 2.75) is 17.4 Å². The molecule has 3 N–H and O–H groups in total. The van der Waals surface area contributed by atoms with E-state index < -0.39 is 16.1 Å². The summed E-state index contributed by atoms with van der Waals surface area (Å²) in [6, 6.07) is 27.7. The lowest BCUT2D eigenvalue weighted by Crippen LogP contribution is -2.23. The van der Waals surface area contributed by atoms with Gasteiger partial charge in [-0.15, -0.1) is 11.3 Å². The summed E-state index contributed by atoms with van der Waals surface area (Å²) in [5.41, 5.74) is 5.98. The summed E-state index contributed by atoms with van der Waals surface area (Å²) in [4.78, 5) is 13.4. The highest BCUT2D eigenvalue weighted by molar-refractivity contribution is 7.92. The molecule has 3 aromatic heterocycles. The van der Waals surface area contributed by atoms with Crippen molar-refractivity contribution in [2.75, 3.05) is 17.8 Å². The van der Waals surface area contributed by atoms with Crippen molar-refractivity contribution in [3.05, 3.63) is 126 Å². The molecule has 0 radical (unpaired) electrons. The van der Waals surface area contributed by atoms with Gasteiger partial charge in [-0.2, -0.15) is 0 Å². The van der Waals surface area contributed by atoms with Crippen LogP contribution in [0.5, 0.6) is 0 Å². The second-order valence-corrected chi connectivity index (χ2v) is 12.6. The maximum absolute atomic E-state index is 13.1. The number of hydrogen-bond donors (Lipinski definition) is 3. The van der Waals surface area contributed by atoms with Gasteiger partial charge >= 0.3 is 0 Å². The van der Waals surface area contributed by atoms with Gasteiger partial charge in [0.2, 0.25) is 0 Å². The largest absolute Gasteiger partial charge is 0.387 e. The van der Waals surface area contributed by atoms with Gasteiger partial charge in [0.25, 0.3) is 10.0 Å². The number of anilines is 1. The van der Waals surface area contributed by atoms with Crippen LogP contribution in [0.3, 0.4) is 0 Å². The summed E-state index contributed by atoms with van der Waals surface area (Å²) in [6.45, 7) is 1.10. The van der Waals surface area contributed by atoms with E-state index in [9.17, 15) is 13.5 Å². The summed E-state index contributed by atoms with van der Waals surface area (Å²) in [6.07, 6.45) is 5.23. The molecule has 3 heterocycles. The Balaban J connectivity index is 1.04. The van der Waals surface area contributed by atoms with E-state index in [2.05, 4.69) is 26.1 Å². The van der Waals surface area contributed by atoms with Crippen LogP contribution >= 0.6 is 11.3 Å². The van der Waals surface area contributed by atoms with Gasteiger partial charge in [0.1, 0.15) is 5.01 Å². The third-order valence-electron chi connectivity index (χ3n) is 7.02. The first-order chi connectivity index (χ1) is 20.9. The van der Waals surface area contributed by atoms with E-state index in [0.717, 1.165) is 50.3 Å². The molecule has 6 aromatic rings. The molecule has 6 rings (SSSR count). The molecule has 8 nitrogen and oxygen atoms in total. The number of benzene rings is 3. The second kappa shape index (κ2) is 12.8. The Bertz CT molecular complexity index is 1930. The number of thiazole rings is 1. The van der Waals surface area contributed by atoms with Crippen LogP contribution in [-0.4, -0.2) is 41.6 Å². The first-order valence-electron chi connectivity index (χ1n) is 13.8. The number of nitrogens with zero attached hydrogens (tertiary/aromatic N) is 3. The van der Waals surface area contributed by atoms with Crippen LogP contribution in [0, 0.1) is 0 Å². The molecule has 43 heavy (non-hydrogen) atoms. The molecule has 0 saturated heterocycles. The monoisotopic (exact) mass is 607 g/mol. The molecule has 216 valence electrons. The van der Waals surface area contributed by atoms with E-state index in [0.29, 0.717) is 18.8 Å². The SMILES string of the molecule is O=S(=O)(Nc1ccc(CCNC[C@H](O)c2cccnc2)cc1)c1ccc(-c2nc(-c3ccc4ncccc4c3)cs2)cc1. The summed E-state index contributed by atoms with van der Waals surface area (Å²) >= 11 is 1.52. The van der Waals surface area contributed by atoms with E-state index >= 15 is 0 Å². The average molecular weight is 608 g/mol. The molecule has 10 heteroatoms. The van der Waals surface area contributed by atoms with Gasteiger partial charge in [-0.05, 0) is 67.1 Å². The van der Waals surface area contributed by atoms with Crippen LogP contribution in [0.4, 0.5) is 5.69 Å².